The smallest absolute Gasteiger partial charge is 0.300 e. The van der Waals surface area contributed by atoms with Gasteiger partial charge in [0, 0.05) is 23.6 Å². The van der Waals surface area contributed by atoms with Crippen LogP contribution in [0.3, 0.4) is 0 Å². The molecule has 6 heteroatoms. The number of hydrogen-bond donors (Lipinski definition) is 1. The van der Waals surface area contributed by atoms with E-state index in [0.29, 0.717) is 22.6 Å². The predicted molar refractivity (Wildman–Crippen MR) is 113 cm³/mol. The number of methoxy groups -OCH3 is 1. The molecule has 1 fully saturated rings. The number of anilines is 1. The third-order valence-corrected chi connectivity index (χ3v) is 5.14. The highest BCUT2D eigenvalue weighted by atomic mass is 16.5. The van der Waals surface area contributed by atoms with Gasteiger partial charge in [-0.05, 0) is 61.0 Å². The molecule has 150 valence electrons. The molecule has 4 rings (SSSR count). The van der Waals surface area contributed by atoms with E-state index >= 15 is 0 Å². The largest absolute Gasteiger partial charge is 0.507 e. The number of aliphatic hydroxyl groups is 1. The molecule has 0 bridgehead atoms. The molecule has 1 aliphatic rings. The summed E-state index contributed by atoms with van der Waals surface area (Å²) >= 11 is 0. The Balaban J connectivity index is 1.90. The summed E-state index contributed by atoms with van der Waals surface area (Å²) < 4.78 is 5.15. The van der Waals surface area contributed by atoms with Crippen LogP contribution in [0.2, 0.25) is 0 Å². The molecule has 1 N–H and O–H groups in total. The predicted octanol–water partition coefficient (Wildman–Crippen LogP) is 4.02. The molecular weight excluding hydrogens is 380 g/mol. The molecule has 1 atom stereocenters. The van der Waals surface area contributed by atoms with Crippen LogP contribution in [-0.2, 0) is 9.59 Å². The van der Waals surface area contributed by atoms with Gasteiger partial charge in [-0.25, -0.2) is 0 Å². The van der Waals surface area contributed by atoms with E-state index in [1.54, 1.807) is 68.0 Å². The zero-order chi connectivity index (χ0) is 21.3. The van der Waals surface area contributed by atoms with Crippen LogP contribution < -0.4 is 9.64 Å². The van der Waals surface area contributed by atoms with Crippen molar-refractivity contribution in [3.8, 4) is 5.75 Å². The van der Waals surface area contributed by atoms with Gasteiger partial charge in [0.25, 0.3) is 11.7 Å². The highest BCUT2D eigenvalue weighted by Crippen LogP contribution is 2.42. The normalized spacial score (nSPS) is 17.9. The number of aromatic nitrogens is 1. The Kier molecular flexibility index (Phi) is 5.06. The summed E-state index contributed by atoms with van der Waals surface area (Å²) in [6.07, 6.45) is 3.19. The average Bonchev–Trinajstić information content (AvgIpc) is 3.05. The number of ether oxygens (including phenoxy) is 1. The highest BCUT2D eigenvalue weighted by molar-refractivity contribution is 6.51. The van der Waals surface area contributed by atoms with Crippen LogP contribution in [-0.4, -0.2) is 28.9 Å². The Bertz CT molecular complexity index is 1120. The maximum Gasteiger partial charge on any atom is 0.300 e. The van der Waals surface area contributed by atoms with Crippen molar-refractivity contribution in [2.75, 3.05) is 12.0 Å². The highest BCUT2D eigenvalue weighted by Gasteiger charge is 2.46. The minimum absolute atomic E-state index is 0.0388. The molecule has 1 saturated heterocycles. The summed E-state index contributed by atoms with van der Waals surface area (Å²) in [5.74, 6) is -1.02. The van der Waals surface area contributed by atoms with E-state index in [0.717, 1.165) is 5.56 Å². The fourth-order valence-corrected chi connectivity index (χ4v) is 3.57. The van der Waals surface area contributed by atoms with Crippen molar-refractivity contribution in [3.05, 3.63) is 95.3 Å². The number of hydrogen-bond acceptors (Lipinski definition) is 5. The fraction of sp³-hybridized carbons (Fsp3) is 0.125. The maximum atomic E-state index is 13.0. The van der Waals surface area contributed by atoms with E-state index in [9.17, 15) is 14.7 Å². The molecule has 6 nitrogen and oxygen atoms in total. The van der Waals surface area contributed by atoms with Gasteiger partial charge >= 0.3 is 0 Å². The third-order valence-electron chi connectivity index (χ3n) is 5.14. The molecule has 30 heavy (non-hydrogen) atoms. The van der Waals surface area contributed by atoms with Crippen LogP contribution in [0.4, 0.5) is 5.69 Å². The number of amides is 1. The van der Waals surface area contributed by atoms with E-state index in [-0.39, 0.29) is 11.3 Å². The number of Topliss-reactive ketones (excluding diaryl/α,β-unsaturated/α-hetero) is 1. The average molecular weight is 400 g/mol. The summed E-state index contributed by atoms with van der Waals surface area (Å²) in [7, 11) is 1.55. The summed E-state index contributed by atoms with van der Waals surface area (Å²) in [5, 5.41) is 11.0. The van der Waals surface area contributed by atoms with Crippen molar-refractivity contribution in [2.45, 2.75) is 13.0 Å². The lowest BCUT2D eigenvalue weighted by Crippen LogP contribution is -2.29. The van der Waals surface area contributed by atoms with Crippen molar-refractivity contribution in [1.29, 1.82) is 0 Å². The van der Waals surface area contributed by atoms with Crippen LogP contribution >= 0.6 is 0 Å². The number of aliphatic hydroxyl groups excluding tert-OH is 1. The maximum absolute atomic E-state index is 13.0. The molecule has 0 saturated carbocycles. The zero-order valence-electron chi connectivity index (χ0n) is 16.6. The standard InChI is InChI=1S/C24H20N2O4/c1-15-3-7-18(8-4-15)26-21(16-11-13-25-14-12-16)20(23(28)24(26)29)22(27)17-5-9-19(30-2)10-6-17/h3-14,21,27H,1-2H3/b22-20-. The molecule has 0 aliphatic carbocycles. The molecule has 2 heterocycles. The van der Waals surface area contributed by atoms with Gasteiger partial charge in [0.15, 0.2) is 0 Å². The topological polar surface area (TPSA) is 79.7 Å². The summed E-state index contributed by atoms with van der Waals surface area (Å²) in [5.41, 5.74) is 2.76. The van der Waals surface area contributed by atoms with Gasteiger partial charge in [-0.1, -0.05) is 17.7 Å². The van der Waals surface area contributed by atoms with Crippen LogP contribution in [0.25, 0.3) is 5.76 Å². The molecule has 1 aromatic heterocycles. The molecule has 3 aromatic rings. The lowest BCUT2D eigenvalue weighted by atomic mass is 9.95. The van der Waals surface area contributed by atoms with E-state index in [1.165, 1.54) is 4.90 Å². The molecule has 0 radical (unpaired) electrons. The number of aryl methyl sites for hydroxylation is 1. The Hall–Kier alpha value is -3.93. The number of nitrogens with zero attached hydrogens (tertiary/aromatic N) is 2. The Labute approximate surface area is 174 Å². The molecule has 1 aliphatic heterocycles. The molecule has 1 amide bonds. The lowest BCUT2D eigenvalue weighted by molar-refractivity contribution is -0.132. The van der Waals surface area contributed by atoms with E-state index in [2.05, 4.69) is 4.98 Å². The van der Waals surface area contributed by atoms with Crippen molar-refractivity contribution in [1.82, 2.24) is 4.98 Å². The zero-order valence-corrected chi connectivity index (χ0v) is 16.6. The van der Waals surface area contributed by atoms with Gasteiger partial charge in [0.05, 0.1) is 18.7 Å². The van der Waals surface area contributed by atoms with Gasteiger partial charge < -0.3 is 9.84 Å². The van der Waals surface area contributed by atoms with Crippen molar-refractivity contribution in [3.63, 3.8) is 0 Å². The number of carbonyl (C=O) groups is 2. The Morgan fingerprint density at radius 2 is 1.60 bits per heavy atom. The van der Waals surface area contributed by atoms with Gasteiger partial charge in [-0.3, -0.25) is 19.5 Å². The van der Waals surface area contributed by atoms with Crippen molar-refractivity contribution >= 4 is 23.1 Å². The summed E-state index contributed by atoms with van der Waals surface area (Å²) in [4.78, 5) is 31.5. The first kappa shape index (κ1) is 19.4. The molecule has 2 aromatic carbocycles. The van der Waals surface area contributed by atoms with Crippen molar-refractivity contribution < 1.29 is 19.4 Å². The van der Waals surface area contributed by atoms with Crippen LogP contribution in [0.15, 0.2) is 78.6 Å². The molecular formula is C24H20N2O4. The van der Waals surface area contributed by atoms with Crippen LogP contribution in [0.5, 0.6) is 5.75 Å². The Morgan fingerprint density at radius 3 is 2.20 bits per heavy atom. The quantitative estimate of drug-likeness (QED) is 0.406. The minimum Gasteiger partial charge on any atom is -0.507 e. The van der Waals surface area contributed by atoms with E-state index < -0.39 is 17.7 Å². The second kappa shape index (κ2) is 7.83. The number of pyridine rings is 1. The lowest BCUT2D eigenvalue weighted by Gasteiger charge is -2.25. The van der Waals surface area contributed by atoms with Crippen LogP contribution in [0, 0.1) is 6.92 Å². The fourth-order valence-electron chi connectivity index (χ4n) is 3.57. The minimum atomic E-state index is -0.766. The SMILES string of the molecule is COc1ccc(/C(O)=C2/C(=O)C(=O)N(c3ccc(C)cc3)C2c2ccncc2)cc1. The second-order valence-electron chi connectivity index (χ2n) is 7.01. The van der Waals surface area contributed by atoms with Gasteiger partial charge in [-0.15, -0.1) is 0 Å². The van der Waals surface area contributed by atoms with Crippen molar-refractivity contribution in [2.24, 2.45) is 0 Å². The first-order valence-electron chi connectivity index (χ1n) is 9.43. The van der Waals surface area contributed by atoms with Gasteiger partial charge in [0.1, 0.15) is 11.5 Å². The monoisotopic (exact) mass is 400 g/mol. The second-order valence-corrected chi connectivity index (χ2v) is 7.01. The first-order chi connectivity index (χ1) is 14.5. The van der Waals surface area contributed by atoms with E-state index in [4.69, 9.17) is 4.74 Å². The number of rotatable bonds is 4. The van der Waals surface area contributed by atoms with Gasteiger partial charge in [0.2, 0.25) is 0 Å². The number of carbonyl (C=O) groups excluding carboxylic acids is 2. The first-order valence-corrected chi connectivity index (χ1v) is 9.43. The number of ketones is 1. The van der Waals surface area contributed by atoms with Crippen LogP contribution in [0.1, 0.15) is 22.7 Å². The van der Waals surface area contributed by atoms with Gasteiger partial charge in [-0.2, -0.15) is 0 Å². The number of benzene rings is 2. The Morgan fingerprint density at radius 1 is 0.967 bits per heavy atom. The summed E-state index contributed by atoms with van der Waals surface area (Å²) in [6.45, 7) is 1.95. The summed E-state index contributed by atoms with van der Waals surface area (Å²) in [6, 6.07) is 16.7. The molecule has 1 unspecified atom stereocenters. The molecule has 0 spiro atoms. The third kappa shape index (κ3) is 3.33. The van der Waals surface area contributed by atoms with E-state index in [1.807, 2.05) is 19.1 Å².